The number of Topliss-reactive ketones (excluding diaryl/α,β-unsaturated/α-hetero) is 1. The number of hydrogen-bond donors (Lipinski definition) is 0. The molecule has 0 atom stereocenters. The molecule has 0 aliphatic rings. The van der Waals surface area contributed by atoms with Crippen LogP contribution in [0.4, 0.5) is 0 Å². The Morgan fingerprint density at radius 3 is 2.28 bits per heavy atom. The molecule has 0 radical (unpaired) electrons. The summed E-state index contributed by atoms with van der Waals surface area (Å²) in [5.41, 5.74) is 2.41. The second-order valence-electron chi connectivity index (χ2n) is 5.39. The summed E-state index contributed by atoms with van der Waals surface area (Å²) in [6, 6.07) is 8.25. The largest absolute Gasteiger partial charge is 0.480 e. The molecule has 0 amide bonds. The van der Waals surface area contributed by atoms with Gasteiger partial charge >= 0.3 is 5.97 Å². The Labute approximate surface area is 160 Å². The number of ketones is 1. The van der Waals surface area contributed by atoms with Crippen LogP contribution in [0.3, 0.4) is 0 Å². The lowest BCUT2D eigenvalue weighted by Crippen LogP contribution is -2.20. The molecule has 0 saturated heterocycles. The first-order valence-corrected chi connectivity index (χ1v) is 8.44. The van der Waals surface area contributed by atoms with E-state index in [9.17, 15) is 9.59 Å². The molecule has 7 heteroatoms. The van der Waals surface area contributed by atoms with Gasteiger partial charge < -0.3 is 9.47 Å². The average molecular weight is 402 g/mol. The van der Waals surface area contributed by atoms with Crippen LogP contribution in [0.15, 0.2) is 30.3 Å². The Balaban J connectivity index is 1.88. The van der Waals surface area contributed by atoms with Gasteiger partial charge in [-0.3, -0.25) is 4.79 Å². The van der Waals surface area contributed by atoms with Gasteiger partial charge in [-0.1, -0.05) is 58.6 Å². The van der Waals surface area contributed by atoms with Gasteiger partial charge in [-0.25, -0.2) is 4.79 Å². The molecule has 0 fully saturated rings. The molecule has 0 spiro atoms. The molecule has 2 rings (SSSR count). The van der Waals surface area contributed by atoms with E-state index in [0.717, 1.165) is 11.1 Å². The molecule has 0 heterocycles. The summed E-state index contributed by atoms with van der Waals surface area (Å²) < 4.78 is 10.2. The zero-order valence-electron chi connectivity index (χ0n) is 13.6. The third kappa shape index (κ3) is 5.36. The number of aryl methyl sites for hydroxylation is 2. The second-order valence-corrected chi connectivity index (χ2v) is 6.61. The maximum Gasteiger partial charge on any atom is 0.344 e. The molecule has 2 aromatic rings. The Hall–Kier alpha value is -1.75. The molecular weight excluding hydrogens is 387 g/mol. The minimum atomic E-state index is -0.694. The standard InChI is InChI=1S/C18H15Cl3O4/c1-10-3-4-12(11(2)5-10)16(22)8-25-18(23)9-24-17-7-14(20)13(19)6-15(17)21/h3-7H,8-9H2,1-2H3. The molecule has 0 bridgehead atoms. The Bertz CT molecular complexity index is 818. The first kappa shape index (κ1) is 19.6. The van der Waals surface area contributed by atoms with Crippen molar-refractivity contribution in [3.05, 3.63) is 62.1 Å². The molecule has 25 heavy (non-hydrogen) atoms. The molecule has 0 aliphatic carbocycles. The van der Waals surface area contributed by atoms with Gasteiger partial charge in [0, 0.05) is 11.6 Å². The Kier molecular flexibility index (Phi) is 6.71. The first-order chi connectivity index (χ1) is 11.8. The summed E-state index contributed by atoms with van der Waals surface area (Å²) in [5.74, 6) is -0.771. The maximum atomic E-state index is 12.1. The molecule has 0 aliphatic heterocycles. The van der Waals surface area contributed by atoms with Crippen LogP contribution in [-0.2, 0) is 9.53 Å². The fraction of sp³-hybridized carbons (Fsp3) is 0.222. The van der Waals surface area contributed by atoms with Crippen molar-refractivity contribution in [3.63, 3.8) is 0 Å². The number of carbonyl (C=O) groups is 2. The fourth-order valence-electron chi connectivity index (χ4n) is 2.14. The van der Waals surface area contributed by atoms with Gasteiger partial charge in [0.2, 0.25) is 5.78 Å². The molecule has 0 saturated carbocycles. The molecular formula is C18H15Cl3O4. The van der Waals surface area contributed by atoms with E-state index in [-0.39, 0.29) is 33.2 Å². The highest BCUT2D eigenvalue weighted by Crippen LogP contribution is 2.33. The van der Waals surface area contributed by atoms with Crippen molar-refractivity contribution in [1.82, 2.24) is 0 Å². The topological polar surface area (TPSA) is 52.6 Å². The van der Waals surface area contributed by atoms with E-state index in [1.807, 2.05) is 26.0 Å². The summed E-state index contributed by atoms with van der Waals surface area (Å²) in [6.45, 7) is 3.00. The zero-order valence-corrected chi connectivity index (χ0v) is 15.8. The quantitative estimate of drug-likeness (QED) is 0.385. The lowest BCUT2D eigenvalue weighted by molar-refractivity contribution is -0.144. The summed E-state index contributed by atoms with van der Waals surface area (Å²) in [4.78, 5) is 23.9. The van der Waals surface area contributed by atoms with E-state index in [0.29, 0.717) is 5.56 Å². The van der Waals surface area contributed by atoms with Gasteiger partial charge in [0.05, 0.1) is 15.1 Å². The van der Waals surface area contributed by atoms with Gasteiger partial charge in [0.25, 0.3) is 0 Å². The lowest BCUT2D eigenvalue weighted by atomic mass is 10.0. The summed E-state index contributed by atoms with van der Waals surface area (Å²) in [6.07, 6.45) is 0. The first-order valence-electron chi connectivity index (χ1n) is 7.31. The molecule has 0 N–H and O–H groups in total. The van der Waals surface area contributed by atoms with Crippen LogP contribution in [0.25, 0.3) is 0 Å². The summed E-state index contributed by atoms with van der Waals surface area (Å²) in [5, 5.41) is 0.744. The van der Waals surface area contributed by atoms with Crippen molar-refractivity contribution in [2.45, 2.75) is 13.8 Å². The third-order valence-electron chi connectivity index (χ3n) is 3.37. The third-order valence-corrected chi connectivity index (χ3v) is 4.38. The average Bonchev–Trinajstić information content (AvgIpc) is 2.54. The van der Waals surface area contributed by atoms with Crippen LogP contribution >= 0.6 is 34.8 Å². The molecule has 4 nitrogen and oxygen atoms in total. The van der Waals surface area contributed by atoms with Crippen molar-refractivity contribution in [2.24, 2.45) is 0 Å². The van der Waals surface area contributed by atoms with Crippen LogP contribution in [0.1, 0.15) is 21.5 Å². The van der Waals surface area contributed by atoms with E-state index < -0.39 is 12.6 Å². The van der Waals surface area contributed by atoms with E-state index in [4.69, 9.17) is 44.3 Å². The normalized spacial score (nSPS) is 10.4. The second kappa shape index (κ2) is 8.56. The maximum absolute atomic E-state index is 12.1. The van der Waals surface area contributed by atoms with Gasteiger partial charge in [0.15, 0.2) is 13.2 Å². The summed E-state index contributed by atoms with van der Waals surface area (Å²) in [7, 11) is 0. The highest BCUT2D eigenvalue weighted by Gasteiger charge is 2.14. The number of hydrogen-bond acceptors (Lipinski definition) is 4. The van der Waals surface area contributed by atoms with Gasteiger partial charge in [-0.2, -0.15) is 0 Å². The Morgan fingerprint density at radius 2 is 1.60 bits per heavy atom. The fourth-order valence-corrected chi connectivity index (χ4v) is 2.73. The van der Waals surface area contributed by atoms with Crippen molar-refractivity contribution in [1.29, 1.82) is 0 Å². The molecule has 2 aromatic carbocycles. The van der Waals surface area contributed by atoms with Crippen LogP contribution in [0.2, 0.25) is 15.1 Å². The Morgan fingerprint density at radius 1 is 0.920 bits per heavy atom. The smallest absolute Gasteiger partial charge is 0.344 e. The minimum absolute atomic E-state index is 0.203. The van der Waals surface area contributed by atoms with Crippen molar-refractivity contribution in [3.8, 4) is 5.75 Å². The minimum Gasteiger partial charge on any atom is -0.480 e. The SMILES string of the molecule is Cc1ccc(C(=O)COC(=O)COc2cc(Cl)c(Cl)cc2Cl)c(C)c1. The number of halogens is 3. The predicted octanol–water partition coefficient (Wildman–Crippen LogP) is 5.07. The highest BCUT2D eigenvalue weighted by molar-refractivity contribution is 6.43. The van der Waals surface area contributed by atoms with Crippen LogP contribution in [0.5, 0.6) is 5.75 Å². The molecule has 132 valence electrons. The van der Waals surface area contributed by atoms with E-state index >= 15 is 0 Å². The predicted molar refractivity (Wildman–Crippen MR) is 98.2 cm³/mol. The number of ether oxygens (including phenoxy) is 2. The highest BCUT2D eigenvalue weighted by atomic mass is 35.5. The van der Waals surface area contributed by atoms with Gasteiger partial charge in [0.1, 0.15) is 5.75 Å². The van der Waals surface area contributed by atoms with Crippen LogP contribution < -0.4 is 4.74 Å². The van der Waals surface area contributed by atoms with Crippen molar-refractivity contribution in [2.75, 3.05) is 13.2 Å². The lowest BCUT2D eigenvalue weighted by Gasteiger charge is -2.10. The number of benzene rings is 2. The van der Waals surface area contributed by atoms with Crippen molar-refractivity contribution >= 4 is 46.6 Å². The molecule has 0 unspecified atom stereocenters. The zero-order chi connectivity index (χ0) is 18.6. The molecule has 0 aromatic heterocycles. The van der Waals surface area contributed by atoms with Crippen LogP contribution in [-0.4, -0.2) is 25.0 Å². The van der Waals surface area contributed by atoms with E-state index in [1.165, 1.54) is 12.1 Å². The van der Waals surface area contributed by atoms with Crippen LogP contribution in [0, 0.1) is 13.8 Å². The number of rotatable bonds is 6. The summed E-state index contributed by atoms with van der Waals surface area (Å²) >= 11 is 17.6. The van der Waals surface area contributed by atoms with Crippen molar-refractivity contribution < 1.29 is 19.1 Å². The van der Waals surface area contributed by atoms with E-state index in [2.05, 4.69) is 0 Å². The van der Waals surface area contributed by atoms with Gasteiger partial charge in [-0.15, -0.1) is 0 Å². The van der Waals surface area contributed by atoms with Gasteiger partial charge in [-0.05, 0) is 25.5 Å². The number of esters is 1. The van der Waals surface area contributed by atoms with E-state index in [1.54, 1.807) is 6.07 Å². The number of carbonyl (C=O) groups excluding carboxylic acids is 2. The monoisotopic (exact) mass is 400 g/mol.